The Morgan fingerprint density at radius 1 is 0.939 bits per heavy atom. The van der Waals surface area contributed by atoms with Gasteiger partial charge in [0.05, 0.1) is 0 Å². The third-order valence-electron chi connectivity index (χ3n) is 7.91. The van der Waals surface area contributed by atoms with Gasteiger partial charge in [0.25, 0.3) is 0 Å². The van der Waals surface area contributed by atoms with Crippen LogP contribution < -0.4 is 5.32 Å². The number of rotatable bonds is 4. The van der Waals surface area contributed by atoms with Crippen molar-refractivity contribution in [2.24, 2.45) is 5.41 Å². The Bertz CT molecular complexity index is 979. The summed E-state index contributed by atoms with van der Waals surface area (Å²) in [6.45, 7) is 5.27. The number of pyridine rings is 1. The van der Waals surface area contributed by atoms with Crippen molar-refractivity contribution >= 4 is 17.6 Å². The number of aromatic nitrogens is 1. The van der Waals surface area contributed by atoms with Crippen molar-refractivity contribution in [3.63, 3.8) is 0 Å². The first-order chi connectivity index (χ1) is 16.0. The van der Waals surface area contributed by atoms with E-state index in [1.165, 1.54) is 30.4 Å². The molecule has 2 aliphatic heterocycles. The summed E-state index contributed by atoms with van der Waals surface area (Å²) in [7, 11) is 0. The molecule has 5 rings (SSSR count). The van der Waals surface area contributed by atoms with Crippen LogP contribution in [-0.4, -0.2) is 52.9 Å². The lowest BCUT2D eigenvalue weighted by Gasteiger charge is -2.39. The third kappa shape index (κ3) is 4.61. The maximum absolute atomic E-state index is 13.2. The van der Waals surface area contributed by atoms with Crippen LogP contribution in [0.3, 0.4) is 0 Å². The molecule has 174 valence electrons. The van der Waals surface area contributed by atoms with Gasteiger partial charge >= 0.3 is 6.03 Å². The molecule has 3 heterocycles. The zero-order valence-corrected chi connectivity index (χ0v) is 19.5. The van der Waals surface area contributed by atoms with Gasteiger partial charge in [-0.05, 0) is 48.6 Å². The molecule has 6 heteroatoms. The van der Waals surface area contributed by atoms with Crippen molar-refractivity contribution in [2.75, 3.05) is 31.5 Å². The summed E-state index contributed by atoms with van der Waals surface area (Å²) < 4.78 is 0. The van der Waals surface area contributed by atoms with E-state index in [9.17, 15) is 9.59 Å². The second-order valence-electron chi connectivity index (χ2n) is 10.3. The third-order valence-corrected chi connectivity index (χ3v) is 7.91. The van der Waals surface area contributed by atoms with E-state index in [1.807, 2.05) is 29.3 Å². The molecule has 2 aromatic rings. The summed E-state index contributed by atoms with van der Waals surface area (Å²) in [5.74, 6) is 1.10. The molecule has 1 aromatic heterocycles. The fourth-order valence-corrected chi connectivity index (χ4v) is 5.66. The number of carbonyl (C=O) groups excluding carboxylic acids is 2. The molecule has 0 radical (unpaired) electrons. The van der Waals surface area contributed by atoms with E-state index in [0.717, 1.165) is 51.1 Å². The van der Waals surface area contributed by atoms with Crippen molar-refractivity contribution < 1.29 is 9.59 Å². The van der Waals surface area contributed by atoms with Crippen molar-refractivity contribution in [1.29, 1.82) is 0 Å². The van der Waals surface area contributed by atoms with Crippen LogP contribution in [-0.2, 0) is 4.79 Å². The van der Waals surface area contributed by atoms with Gasteiger partial charge in [0.1, 0.15) is 0 Å². The molecule has 0 spiro atoms. The van der Waals surface area contributed by atoms with Gasteiger partial charge in [-0.3, -0.25) is 9.78 Å². The second kappa shape index (κ2) is 9.16. The Hall–Kier alpha value is -2.89. The summed E-state index contributed by atoms with van der Waals surface area (Å²) in [6, 6.07) is 12.1. The first kappa shape index (κ1) is 21.9. The molecule has 3 aliphatic rings. The smallest absolute Gasteiger partial charge is 0.321 e. The Kier molecular flexibility index (Phi) is 6.09. The largest absolute Gasteiger partial charge is 0.342 e. The van der Waals surface area contributed by atoms with Gasteiger partial charge in [0, 0.05) is 61.5 Å². The molecular weight excluding hydrogens is 412 g/mol. The summed E-state index contributed by atoms with van der Waals surface area (Å²) in [6.07, 6.45) is 10.3. The maximum Gasteiger partial charge on any atom is 0.321 e. The maximum atomic E-state index is 13.2. The first-order valence-electron chi connectivity index (χ1n) is 12.4. The van der Waals surface area contributed by atoms with E-state index in [2.05, 4.69) is 40.3 Å². The van der Waals surface area contributed by atoms with Gasteiger partial charge in [-0.25, -0.2) is 4.79 Å². The van der Waals surface area contributed by atoms with E-state index in [1.54, 1.807) is 6.20 Å². The van der Waals surface area contributed by atoms with Crippen LogP contribution in [0.2, 0.25) is 0 Å². The molecule has 1 aromatic carbocycles. The predicted octanol–water partition coefficient (Wildman–Crippen LogP) is 5.00. The SMILES string of the molecule is CC1(C(=O)N2CCC(c3ccc(NC(=O)N4CC(c5cccnc5)C4)cc3)C2)CCCCC1. The van der Waals surface area contributed by atoms with Crippen LogP contribution in [0.1, 0.15) is 68.4 Å². The van der Waals surface area contributed by atoms with Gasteiger partial charge in [-0.2, -0.15) is 0 Å². The number of nitrogens with zero attached hydrogens (tertiary/aromatic N) is 3. The zero-order valence-electron chi connectivity index (χ0n) is 19.5. The highest BCUT2D eigenvalue weighted by atomic mass is 16.2. The van der Waals surface area contributed by atoms with Gasteiger partial charge < -0.3 is 15.1 Å². The minimum absolute atomic E-state index is 0.0544. The second-order valence-corrected chi connectivity index (χ2v) is 10.3. The molecule has 3 fully saturated rings. The molecule has 3 amide bonds. The normalized spacial score (nSPS) is 22.6. The molecule has 1 N–H and O–H groups in total. The number of hydrogen-bond donors (Lipinski definition) is 1. The lowest BCUT2D eigenvalue weighted by molar-refractivity contribution is -0.142. The van der Waals surface area contributed by atoms with Crippen molar-refractivity contribution in [3.8, 4) is 0 Å². The summed E-state index contributed by atoms with van der Waals surface area (Å²) in [4.78, 5) is 33.8. The van der Waals surface area contributed by atoms with E-state index in [4.69, 9.17) is 0 Å². The number of carbonyl (C=O) groups is 2. The average Bonchev–Trinajstić information content (AvgIpc) is 3.29. The monoisotopic (exact) mass is 446 g/mol. The number of hydrogen-bond acceptors (Lipinski definition) is 3. The number of benzene rings is 1. The number of urea groups is 1. The summed E-state index contributed by atoms with van der Waals surface area (Å²) in [5.41, 5.74) is 3.09. The van der Waals surface area contributed by atoms with E-state index >= 15 is 0 Å². The lowest BCUT2D eigenvalue weighted by Crippen LogP contribution is -2.50. The van der Waals surface area contributed by atoms with Gasteiger partial charge in [0.15, 0.2) is 0 Å². The van der Waals surface area contributed by atoms with Crippen molar-refractivity contribution in [1.82, 2.24) is 14.8 Å². The Morgan fingerprint density at radius 3 is 2.36 bits per heavy atom. The molecule has 1 atom stereocenters. The minimum atomic E-state index is -0.159. The molecule has 1 saturated carbocycles. The van der Waals surface area contributed by atoms with Crippen molar-refractivity contribution in [2.45, 2.75) is 57.3 Å². The first-order valence-corrected chi connectivity index (χ1v) is 12.4. The Morgan fingerprint density at radius 2 is 1.67 bits per heavy atom. The predicted molar refractivity (Wildman–Crippen MR) is 129 cm³/mol. The van der Waals surface area contributed by atoms with Gasteiger partial charge in [-0.15, -0.1) is 0 Å². The summed E-state index contributed by atoms with van der Waals surface area (Å²) >= 11 is 0. The Balaban J connectivity index is 1.12. The molecular formula is C27H34N4O2. The van der Waals surface area contributed by atoms with Crippen LogP contribution in [0.25, 0.3) is 0 Å². The zero-order chi connectivity index (χ0) is 22.8. The van der Waals surface area contributed by atoms with Crippen LogP contribution >= 0.6 is 0 Å². The standard InChI is InChI=1S/C27H34N4O2/c1-27(12-3-2-4-13-27)25(32)30-15-11-22(17-30)20-7-9-24(10-8-20)29-26(33)31-18-23(19-31)21-6-5-14-28-16-21/h5-10,14,16,22-23H,2-4,11-13,15,17-19H2,1H3,(H,29,33). The molecule has 33 heavy (non-hydrogen) atoms. The molecule has 6 nitrogen and oxygen atoms in total. The van der Waals surface area contributed by atoms with E-state index in [0.29, 0.717) is 17.7 Å². The quantitative estimate of drug-likeness (QED) is 0.719. The van der Waals surface area contributed by atoms with Gasteiger partial charge in [0.2, 0.25) is 5.91 Å². The Labute approximate surface area is 196 Å². The van der Waals surface area contributed by atoms with Crippen molar-refractivity contribution in [3.05, 3.63) is 59.9 Å². The number of likely N-dealkylation sites (tertiary alicyclic amines) is 2. The number of amides is 3. The number of nitrogens with one attached hydrogen (secondary N) is 1. The highest BCUT2D eigenvalue weighted by Gasteiger charge is 2.40. The molecule has 2 saturated heterocycles. The fourth-order valence-electron chi connectivity index (χ4n) is 5.66. The lowest BCUT2D eigenvalue weighted by atomic mass is 9.74. The van der Waals surface area contributed by atoms with Crippen LogP contribution in [0, 0.1) is 5.41 Å². The average molecular weight is 447 g/mol. The summed E-state index contributed by atoms with van der Waals surface area (Å²) in [5, 5.41) is 3.02. The number of anilines is 1. The van der Waals surface area contributed by atoms with E-state index < -0.39 is 0 Å². The highest BCUT2D eigenvalue weighted by Crippen LogP contribution is 2.39. The molecule has 0 bridgehead atoms. The minimum Gasteiger partial charge on any atom is -0.342 e. The van der Waals surface area contributed by atoms with Crippen LogP contribution in [0.4, 0.5) is 10.5 Å². The fraction of sp³-hybridized carbons (Fsp3) is 0.519. The highest BCUT2D eigenvalue weighted by molar-refractivity contribution is 5.90. The van der Waals surface area contributed by atoms with Crippen LogP contribution in [0.15, 0.2) is 48.8 Å². The molecule has 1 aliphatic carbocycles. The van der Waals surface area contributed by atoms with Crippen LogP contribution in [0.5, 0.6) is 0 Å². The van der Waals surface area contributed by atoms with Gasteiger partial charge in [-0.1, -0.05) is 44.4 Å². The molecule has 1 unspecified atom stereocenters. The topological polar surface area (TPSA) is 65.5 Å². The van der Waals surface area contributed by atoms with E-state index in [-0.39, 0.29) is 11.4 Å².